The molecule has 1 N–H and O–H groups in total. The maximum atomic E-state index is 12.2. The summed E-state index contributed by atoms with van der Waals surface area (Å²) in [4.78, 5) is 12.2. The summed E-state index contributed by atoms with van der Waals surface area (Å²) >= 11 is 0. The summed E-state index contributed by atoms with van der Waals surface area (Å²) in [7, 11) is 0. The van der Waals surface area contributed by atoms with E-state index < -0.39 is 5.41 Å². The van der Waals surface area contributed by atoms with Crippen molar-refractivity contribution in [3.05, 3.63) is 0 Å². The van der Waals surface area contributed by atoms with E-state index in [1.165, 1.54) is 0 Å². The number of nitrogens with one attached hydrogen (secondary N) is 1. The number of hydrogen-bond acceptors (Lipinski definition) is 3. The molecule has 0 bridgehead atoms. The Kier molecular flexibility index (Phi) is 10.7. The van der Waals surface area contributed by atoms with Gasteiger partial charge in [-0.05, 0) is 32.1 Å². The van der Waals surface area contributed by atoms with Crippen LogP contribution in [0.25, 0.3) is 0 Å². The molecule has 0 atom stereocenters. The molecule has 0 aromatic carbocycles. The highest BCUT2D eigenvalue weighted by molar-refractivity contribution is 5.81. The Bertz CT molecular complexity index is 301. The number of unbranched alkanes of at least 4 members (excludes halogenated alkanes) is 1. The lowest BCUT2D eigenvalue weighted by Crippen LogP contribution is -2.41. The van der Waals surface area contributed by atoms with E-state index >= 15 is 0 Å². The Hall–Kier alpha value is -0.610. The molecule has 0 spiro atoms. The first-order valence-electron chi connectivity index (χ1n) is 8.69. The zero-order chi connectivity index (χ0) is 17.1. The van der Waals surface area contributed by atoms with Gasteiger partial charge < -0.3 is 14.8 Å². The highest BCUT2D eigenvalue weighted by atomic mass is 16.5. The van der Waals surface area contributed by atoms with Gasteiger partial charge in [0.25, 0.3) is 0 Å². The van der Waals surface area contributed by atoms with Crippen LogP contribution in [0.1, 0.15) is 67.2 Å². The third-order valence-electron chi connectivity index (χ3n) is 3.67. The van der Waals surface area contributed by atoms with Gasteiger partial charge in [0.1, 0.15) is 0 Å². The van der Waals surface area contributed by atoms with Crippen molar-refractivity contribution in [3.8, 4) is 0 Å². The van der Waals surface area contributed by atoms with Crippen LogP contribution in [0.4, 0.5) is 0 Å². The Morgan fingerprint density at radius 3 is 2.23 bits per heavy atom. The fraction of sp³-hybridized carbons (Fsp3) is 0.944. The van der Waals surface area contributed by atoms with Crippen LogP contribution in [0.2, 0.25) is 0 Å². The summed E-state index contributed by atoms with van der Waals surface area (Å²) < 4.78 is 11.2. The maximum absolute atomic E-state index is 12.2. The minimum atomic E-state index is -0.508. The molecular weight excluding hydrogens is 278 g/mol. The molecule has 1 amide bonds. The summed E-state index contributed by atoms with van der Waals surface area (Å²) in [5.74, 6) is 0.0277. The van der Waals surface area contributed by atoms with Crippen LogP contribution < -0.4 is 5.32 Å². The molecule has 0 aromatic rings. The van der Waals surface area contributed by atoms with Crippen molar-refractivity contribution in [2.75, 3.05) is 33.0 Å². The number of carbonyl (C=O) groups excluding carboxylic acids is 1. The van der Waals surface area contributed by atoms with Crippen molar-refractivity contribution in [2.24, 2.45) is 10.8 Å². The molecule has 0 heterocycles. The van der Waals surface area contributed by atoms with Gasteiger partial charge in [-0.2, -0.15) is 0 Å². The van der Waals surface area contributed by atoms with Gasteiger partial charge in [0.05, 0.1) is 25.2 Å². The second kappa shape index (κ2) is 11.0. The summed E-state index contributed by atoms with van der Waals surface area (Å²) in [6, 6.07) is 0. The Balaban J connectivity index is 3.92. The normalized spacial score (nSPS) is 12.5. The standard InChI is InChI=1S/C18H37NO3/c1-7-9-12-21-13-11-19-16(20)18(5,6)15-22-14-17(3,4)10-8-2/h7-15H2,1-6H3,(H,19,20). The average Bonchev–Trinajstić information content (AvgIpc) is 2.41. The van der Waals surface area contributed by atoms with E-state index in [0.717, 1.165) is 32.3 Å². The molecule has 0 saturated carbocycles. The SMILES string of the molecule is CCCCOCCNC(=O)C(C)(C)COCC(C)(C)CCC. The number of carbonyl (C=O) groups is 1. The van der Waals surface area contributed by atoms with E-state index in [9.17, 15) is 4.79 Å². The van der Waals surface area contributed by atoms with Crippen molar-refractivity contribution in [1.82, 2.24) is 5.32 Å². The lowest BCUT2D eigenvalue weighted by molar-refractivity contribution is -0.133. The van der Waals surface area contributed by atoms with Crippen LogP contribution in [0.15, 0.2) is 0 Å². The zero-order valence-corrected chi connectivity index (χ0v) is 15.6. The van der Waals surface area contributed by atoms with Crippen LogP contribution in [-0.4, -0.2) is 38.9 Å². The highest BCUT2D eigenvalue weighted by Gasteiger charge is 2.28. The number of hydrogen-bond donors (Lipinski definition) is 1. The molecule has 0 aliphatic heterocycles. The molecule has 0 aliphatic rings. The summed E-state index contributed by atoms with van der Waals surface area (Å²) in [5, 5.41) is 2.93. The molecule has 22 heavy (non-hydrogen) atoms. The molecule has 0 rings (SSSR count). The fourth-order valence-corrected chi connectivity index (χ4v) is 2.22. The first-order chi connectivity index (χ1) is 10.2. The van der Waals surface area contributed by atoms with E-state index in [4.69, 9.17) is 9.47 Å². The van der Waals surface area contributed by atoms with Gasteiger partial charge >= 0.3 is 0 Å². The Labute approximate surface area is 137 Å². The average molecular weight is 315 g/mol. The van der Waals surface area contributed by atoms with Gasteiger partial charge in [0, 0.05) is 13.2 Å². The molecule has 0 unspecified atom stereocenters. The first kappa shape index (κ1) is 21.4. The summed E-state index contributed by atoms with van der Waals surface area (Å²) in [6.45, 7) is 15.6. The fourth-order valence-electron chi connectivity index (χ4n) is 2.22. The molecule has 4 nitrogen and oxygen atoms in total. The van der Waals surface area contributed by atoms with Gasteiger partial charge in [-0.3, -0.25) is 4.79 Å². The van der Waals surface area contributed by atoms with Crippen LogP contribution in [0, 0.1) is 10.8 Å². The molecule has 132 valence electrons. The van der Waals surface area contributed by atoms with Gasteiger partial charge in [0.2, 0.25) is 5.91 Å². The Morgan fingerprint density at radius 2 is 1.64 bits per heavy atom. The molecule has 0 saturated heterocycles. The van der Waals surface area contributed by atoms with Gasteiger partial charge in [0.15, 0.2) is 0 Å². The van der Waals surface area contributed by atoms with Gasteiger partial charge in [-0.25, -0.2) is 0 Å². The van der Waals surface area contributed by atoms with Crippen molar-refractivity contribution in [2.45, 2.75) is 67.2 Å². The monoisotopic (exact) mass is 315 g/mol. The van der Waals surface area contributed by atoms with Crippen LogP contribution in [-0.2, 0) is 14.3 Å². The maximum Gasteiger partial charge on any atom is 0.228 e. The Morgan fingerprint density at radius 1 is 0.955 bits per heavy atom. The summed E-state index contributed by atoms with van der Waals surface area (Å²) in [6.07, 6.45) is 4.49. The zero-order valence-electron chi connectivity index (χ0n) is 15.6. The minimum absolute atomic E-state index is 0.0277. The molecular formula is C18H37NO3. The van der Waals surface area contributed by atoms with E-state index in [1.807, 2.05) is 13.8 Å². The topological polar surface area (TPSA) is 47.6 Å². The summed E-state index contributed by atoms with van der Waals surface area (Å²) in [5.41, 5.74) is -0.333. The number of ether oxygens (including phenoxy) is 2. The van der Waals surface area contributed by atoms with E-state index in [-0.39, 0.29) is 11.3 Å². The predicted molar refractivity (Wildman–Crippen MR) is 92.0 cm³/mol. The van der Waals surface area contributed by atoms with Crippen molar-refractivity contribution < 1.29 is 14.3 Å². The number of amides is 1. The lowest BCUT2D eigenvalue weighted by atomic mass is 9.89. The molecule has 4 heteroatoms. The van der Waals surface area contributed by atoms with Crippen LogP contribution in [0.3, 0.4) is 0 Å². The minimum Gasteiger partial charge on any atom is -0.380 e. The smallest absolute Gasteiger partial charge is 0.228 e. The van der Waals surface area contributed by atoms with Gasteiger partial charge in [-0.15, -0.1) is 0 Å². The first-order valence-corrected chi connectivity index (χ1v) is 8.69. The lowest BCUT2D eigenvalue weighted by Gasteiger charge is -2.28. The molecule has 0 fully saturated rings. The second-order valence-electron chi connectivity index (χ2n) is 7.51. The number of rotatable bonds is 13. The van der Waals surface area contributed by atoms with Crippen LogP contribution >= 0.6 is 0 Å². The van der Waals surface area contributed by atoms with E-state index in [1.54, 1.807) is 0 Å². The van der Waals surface area contributed by atoms with Crippen molar-refractivity contribution >= 4 is 5.91 Å². The highest BCUT2D eigenvalue weighted by Crippen LogP contribution is 2.24. The molecule has 0 radical (unpaired) electrons. The third kappa shape index (κ3) is 10.2. The van der Waals surface area contributed by atoms with Gasteiger partial charge in [-0.1, -0.05) is 40.5 Å². The van der Waals surface area contributed by atoms with Crippen molar-refractivity contribution in [1.29, 1.82) is 0 Å². The predicted octanol–water partition coefficient (Wildman–Crippen LogP) is 3.79. The molecule has 0 aromatic heterocycles. The largest absolute Gasteiger partial charge is 0.380 e. The second-order valence-corrected chi connectivity index (χ2v) is 7.51. The van der Waals surface area contributed by atoms with Crippen LogP contribution in [0.5, 0.6) is 0 Å². The quantitative estimate of drug-likeness (QED) is 0.526. The van der Waals surface area contributed by atoms with Crippen molar-refractivity contribution in [3.63, 3.8) is 0 Å². The van der Waals surface area contributed by atoms with E-state index in [0.29, 0.717) is 26.4 Å². The van der Waals surface area contributed by atoms with E-state index in [2.05, 4.69) is 33.0 Å². The third-order valence-corrected chi connectivity index (χ3v) is 3.67. The molecule has 0 aliphatic carbocycles.